The number of piperidine rings is 1. The van der Waals surface area contributed by atoms with Crippen LogP contribution in [0.1, 0.15) is 58.6 Å². The summed E-state index contributed by atoms with van der Waals surface area (Å²) in [7, 11) is 0. The predicted molar refractivity (Wildman–Crippen MR) is 103 cm³/mol. The molecule has 0 saturated carbocycles. The van der Waals surface area contributed by atoms with E-state index >= 15 is 0 Å². The highest BCUT2D eigenvalue weighted by molar-refractivity contribution is 9.10. The molecule has 2 N–H and O–H groups in total. The molecule has 0 aromatic heterocycles. The molecular weight excluding hydrogens is 384 g/mol. The number of ether oxygens (including phenoxy) is 1. The monoisotopic (exact) mass is 412 g/mol. The zero-order valence-electron chi connectivity index (χ0n) is 15.5. The summed E-state index contributed by atoms with van der Waals surface area (Å²) in [6.45, 7) is 9.09. The summed E-state index contributed by atoms with van der Waals surface area (Å²) in [6, 6.07) is 5.71. The predicted octanol–water partition coefficient (Wildman–Crippen LogP) is 4.59. The number of hydrogen-bond acceptors (Lipinski definition) is 4. The fraction of sp³-hybridized carbons (Fsp3) is 0.632. The maximum absolute atomic E-state index is 12.3. The molecule has 0 aliphatic carbocycles. The molecule has 1 fully saturated rings. The number of carbonyl (C=O) groups is 1. The number of likely N-dealkylation sites (tertiary alicyclic amines) is 1. The van der Waals surface area contributed by atoms with Crippen LogP contribution in [0.4, 0.5) is 4.79 Å². The minimum atomic E-state index is -0.481. The van der Waals surface area contributed by atoms with Crippen molar-refractivity contribution in [2.24, 2.45) is 0 Å². The third-order valence-corrected chi connectivity index (χ3v) is 4.78. The number of aromatic hydroxyl groups is 1. The van der Waals surface area contributed by atoms with Crippen LogP contribution in [0.5, 0.6) is 5.75 Å². The number of benzene rings is 1. The lowest BCUT2D eigenvalue weighted by molar-refractivity contribution is 0.0182. The number of phenolic OH excluding ortho intramolecular Hbond substituents is 1. The van der Waals surface area contributed by atoms with E-state index in [0.29, 0.717) is 12.3 Å². The van der Waals surface area contributed by atoms with Crippen LogP contribution in [0.3, 0.4) is 0 Å². The van der Waals surface area contributed by atoms with Gasteiger partial charge in [-0.2, -0.15) is 0 Å². The number of amides is 1. The first-order valence-corrected chi connectivity index (χ1v) is 9.71. The van der Waals surface area contributed by atoms with Crippen LogP contribution in [-0.4, -0.2) is 40.8 Å². The van der Waals surface area contributed by atoms with E-state index in [1.165, 1.54) is 0 Å². The summed E-state index contributed by atoms with van der Waals surface area (Å²) in [6.07, 6.45) is 2.55. The van der Waals surface area contributed by atoms with Gasteiger partial charge in [-0.05, 0) is 58.2 Å². The largest absolute Gasteiger partial charge is 0.508 e. The highest BCUT2D eigenvalue weighted by Crippen LogP contribution is 2.30. The molecular formula is C19H29BrN2O3. The average Bonchev–Trinajstić information content (AvgIpc) is 2.54. The Morgan fingerprint density at radius 3 is 2.84 bits per heavy atom. The number of nitrogens with one attached hydrogen (secondary N) is 1. The molecule has 2 atom stereocenters. The summed E-state index contributed by atoms with van der Waals surface area (Å²) in [4.78, 5) is 14.1. The van der Waals surface area contributed by atoms with Gasteiger partial charge in [-0.25, -0.2) is 4.79 Å². The van der Waals surface area contributed by atoms with Crippen LogP contribution in [0.25, 0.3) is 0 Å². The second-order valence-corrected chi connectivity index (χ2v) is 8.51. The first-order chi connectivity index (χ1) is 11.7. The van der Waals surface area contributed by atoms with Crippen molar-refractivity contribution < 1.29 is 14.6 Å². The molecule has 1 heterocycles. The third-order valence-electron chi connectivity index (χ3n) is 4.28. The Kier molecular flexibility index (Phi) is 6.74. The van der Waals surface area contributed by atoms with Crippen molar-refractivity contribution in [3.63, 3.8) is 0 Å². The fourth-order valence-corrected chi connectivity index (χ4v) is 3.50. The quantitative estimate of drug-likeness (QED) is 0.758. The van der Waals surface area contributed by atoms with Crippen LogP contribution in [-0.2, 0) is 4.74 Å². The molecule has 1 saturated heterocycles. The summed E-state index contributed by atoms with van der Waals surface area (Å²) < 4.78 is 6.43. The van der Waals surface area contributed by atoms with Crippen molar-refractivity contribution in [1.29, 1.82) is 0 Å². The van der Waals surface area contributed by atoms with E-state index in [1.807, 2.05) is 32.9 Å². The molecule has 0 bridgehead atoms. The van der Waals surface area contributed by atoms with Crippen LogP contribution >= 0.6 is 15.9 Å². The first-order valence-electron chi connectivity index (χ1n) is 8.92. The molecule has 5 nitrogen and oxygen atoms in total. The van der Waals surface area contributed by atoms with Crippen LogP contribution < -0.4 is 5.32 Å². The Balaban J connectivity index is 2.03. The minimum Gasteiger partial charge on any atom is -0.508 e. The van der Waals surface area contributed by atoms with Gasteiger partial charge >= 0.3 is 6.09 Å². The van der Waals surface area contributed by atoms with E-state index in [2.05, 4.69) is 28.2 Å². The van der Waals surface area contributed by atoms with Crippen molar-refractivity contribution in [2.45, 2.75) is 64.6 Å². The van der Waals surface area contributed by atoms with Gasteiger partial charge in [0.25, 0.3) is 0 Å². The normalized spacial score (nSPS) is 19.6. The third kappa shape index (κ3) is 5.89. The first kappa shape index (κ1) is 20.0. The molecule has 0 radical (unpaired) electrons. The van der Waals surface area contributed by atoms with Gasteiger partial charge in [0.05, 0.1) is 0 Å². The maximum Gasteiger partial charge on any atom is 0.410 e. The average molecular weight is 413 g/mol. The lowest BCUT2D eigenvalue weighted by atomic mass is 9.99. The Morgan fingerprint density at radius 2 is 2.20 bits per heavy atom. The lowest BCUT2D eigenvalue weighted by Gasteiger charge is -2.36. The van der Waals surface area contributed by atoms with Gasteiger partial charge in [0.1, 0.15) is 11.4 Å². The number of halogens is 1. The fourth-order valence-electron chi connectivity index (χ4n) is 3.12. The highest BCUT2D eigenvalue weighted by Gasteiger charge is 2.29. The number of rotatable bonds is 4. The summed E-state index contributed by atoms with van der Waals surface area (Å²) in [5, 5.41) is 13.8. The van der Waals surface area contributed by atoms with Gasteiger partial charge < -0.3 is 20.1 Å². The van der Waals surface area contributed by atoms with E-state index < -0.39 is 5.60 Å². The number of hydrogen-bond donors (Lipinski definition) is 2. The molecule has 25 heavy (non-hydrogen) atoms. The molecule has 1 aromatic rings. The van der Waals surface area contributed by atoms with E-state index in [9.17, 15) is 9.90 Å². The van der Waals surface area contributed by atoms with Crippen molar-refractivity contribution in [3.05, 3.63) is 28.2 Å². The van der Waals surface area contributed by atoms with E-state index in [-0.39, 0.29) is 18.2 Å². The van der Waals surface area contributed by atoms with Gasteiger partial charge in [0.2, 0.25) is 0 Å². The van der Waals surface area contributed by atoms with Crippen molar-refractivity contribution in [3.8, 4) is 5.75 Å². The molecule has 6 heteroatoms. The van der Waals surface area contributed by atoms with Gasteiger partial charge in [-0.3, -0.25) is 0 Å². The molecule has 0 spiro atoms. The maximum atomic E-state index is 12.3. The van der Waals surface area contributed by atoms with E-state index in [4.69, 9.17) is 4.74 Å². The Morgan fingerprint density at radius 1 is 1.48 bits per heavy atom. The van der Waals surface area contributed by atoms with Crippen molar-refractivity contribution >= 4 is 22.0 Å². The molecule has 2 unspecified atom stereocenters. The van der Waals surface area contributed by atoms with Gasteiger partial charge in [0, 0.05) is 35.2 Å². The Hall–Kier alpha value is -1.27. The molecule has 140 valence electrons. The molecule has 1 amide bonds. The van der Waals surface area contributed by atoms with Crippen LogP contribution in [0.15, 0.2) is 22.7 Å². The Labute approximate surface area is 158 Å². The minimum absolute atomic E-state index is 0.0427. The standard InChI is InChI=1S/C19H29BrN2O3/c1-5-16(15-11-13(20)8-9-17(15)23)21-14-7-6-10-22(12-14)18(24)25-19(2,3)4/h8-9,11,14,16,21,23H,5-7,10,12H2,1-4H3. The zero-order valence-corrected chi connectivity index (χ0v) is 17.1. The molecule has 1 aromatic carbocycles. The lowest BCUT2D eigenvalue weighted by Crippen LogP contribution is -2.50. The smallest absolute Gasteiger partial charge is 0.410 e. The van der Waals surface area contributed by atoms with Crippen molar-refractivity contribution in [1.82, 2.24) is 10.2 Å². The van der Waals surface area contributed by atoms with Gasteiger partial charge in [0.15, 0.2) is 0 Å². The zero-order chi connectivity index (χ0) is 18.6. The molecule has 1 aliphatic heterocycles. The van der Waals surface area contributed by atoms with E-state index in [1.54, 1.807) is 11.0 Å². The second kappa shape index (κ2) is 8.41. The highest BCUT2D eigenvalue weighted by atomic mass is 79.9. The van der Waals surface area contributed by atoms with Crippen molar-refractivity contribution in [2.75, 3.05) is 13.1 Å². The number of phenols is 1. The van der Waals surface area contributed by atoms with Crippen LogP contribution in [0.2, 0.25) is 0 Å². The van der Waals surface area contributed by atoms with Gasteiger partial charge in [-0.15, -0.1) is 0 Å². The topological polar surface area (TPSA) is 61.8 Å². The second-order valence-electron chi connectivity index (χ2n) is 7.60. The number of nitrogens with zero attached hydrogens (tertiary/aromatic N) is 1. The van der Waals surface area contributed by atoms with Gasteiger partial charge in [-0.1, -0.05) is 22.9 Å². The van der Waals surface area contributed by atoms with E-state index in [0.717, 1.165) is 35.8 Å². The molecule has 2 rings (SSSR count). The van der Waals surface area contributed by atoms with Crippen LogP contribution in [0, 0.1) is 0 Å². The number of carbonyl (C=O) groups excluding carboxylic acids is 1. The summed E-state index contributed by atoms with van der Waals surface area (Å²) in [5.74, 6) is 0.294. The molecule has 1 aliphatic rings. The SMILES string of the molecule is CCC(NC1CCCN(C(=O)OC(C)(C)C)C1)c1cc(Br)ccc1O. The summed E-state index contributed by atoms with van der Waals surface area (Å²) in [5.41, 5.74) is 0.400. The Bertz CT molecular complexity index is 601. The summed E-state index contributed by atoms with van der Waals surface area (Å²) >= 11 is 3.47.